The molecule has 0 spiro atoms. The van der Waals surface area contributed by atoms with E-state index in [9.17, 15) is 17.2 Å². The topological polar surface area (TPSA) is 46.2 Å². The molecule has 1 atom stereocenters. The monoisotopic (exact) mass is 313 g/mol. The normalized spacial score (nSPS) is 13.8. The third-order valence-electron chi connectivity index (χ3n) is 1.76. The minimum absolute atomic E-state index is 0.0485. The van der Waals surface area contributed by atoms with Gasteiger partial charge in [-0.15, -0.1) is 0 Å². The average molecular weight is 314 g/mol. The molecule has 7 heteroatoms. The first kappa shape index (κ1) is 13.5. The molecule has 3 nitrogen and oxygen atoms in total. The molecular weight excluding hydrogens is 304 g/mol. The Kier molecular flexibility index (Phi) is 4.40. The van der Waals surface area contributed by atoms with Crippen molar-refractivity contribution in [1.82, 2.24) is 4.72 Å². The second kappa shape index (κ2) is 5.20. The number of sulfonamides is 1. The zero-order valence-electron chi connectivity index (χ0n) is 8.38. The van der Waals surface area contributed by atoms with Gasteiger partial charge in [-0.25, -0.2) is 21.9 Å². The zero-order valence-corrected chi connectivity index (χ0v) is 10.8. The molecule has 1 unspecified atom stereocenters. The second-order valence-electron chi connectivity index (χ2n) is 3.21. The molecule has 0 aliphatic carbocycles. The van der Waals surface area contributed by atoms with Crippen LogP contribution in [0.15, 0.2) is 23.1 Å². The molecule has 1 rings (SSSR count). The molecule has 0 aromatic heterocycles. The summed E-state index contributed by atoms with van der Waals surface area (Å²) in [5, 5.41) is 0. The van der Waals surface area contributed by atoms with Gasteiger partial charge in [0.25, 0.3) is 0 Å². The van der Waals surface area contributed by atoms with Gasteiger partial charge in [-0.3, -0.25) is 0 Å². The van der Waals surface area contributed by atoms with Gasteiger partial charge < -0.3 is 0 Å². The maximum absolute atomic E-state index is 12.8. The first-order chi connectivity index (χ1) is 7.33. The van der Waals surface area contributed by atoms with Crippen LogP contribution >= 0.6 is 15.9 Å². The highest BCUT2D eigenvalue weighted by Crippen LogP contribution is 2.13. The predicted octanol–water partition coefficient (Wildman–Crippen LogP) is 2.03. The molecule has 0 saturated heterocycles. The maximum Gasteiger partial charge on any atom is 0.240 e. The van der Waals surface area contributed by atoms with Crippen molar-refractivity contribution in [1.29, 1.82) is 0 Å². The quantitative estimate of drug-likeness (QED) is 0.865. The van der Waals surface area contributed by atoms with Crippen LogP contribution in [0.5, 0.6) is 0 Å². The fourth-order valence-corrected chi connectivity index (χ4v) is 2.47. The highest BCUT2D eigenvalue weighted by atomic mass is 79.9. The largest absolute Gasteiger partial charge is 0.240 e. The van der Waals surface area contributed by atoms with Crippen molar-refractivity contribution in [3.63, 3.8) is 0 Å². The van der Waals surface area contributed by atoms with E-state index in [1.807, 2.05) is 0 Å². The highest BCUT2D eigenvalue weighted by molar-refractivity contribution is 9.09. The van der Waals surface area contributed by atoms with Crippen LogP contribution in [0.1, 0.15) is 6.92 Å². The Labute approximate surface area is 101 Å². The minimum atomic E-state index is -3.78. The highest BCUT2D eigenvalue weighted by Gasteiger charge is 2.16. The lowest BCUT2D eigenvalue weighted by Crippen LogP contribution is -2.28. The van der Waals surface area contributed by atoms with Crippen molar-refractivity contribution < 1.29 is 17.2 Å². The van der Waals surface area contributed by atoms with E-state index in [-0.39, 0.29) is 16.3 Å². The van der Waals surface area contributed by atoms with Crippen molar-refractivity contribution in [3.8, 4) is 0 Å². The fourth-order valence-electron chi connectivity index (χ4n) is 0.952. The lowest BCUT2D eigenvalue weighted by Gasteiger charge is -2.08. The number of alkyl halides is 1. The van der Waals surface area contributed by atoms with Crippen molar-refractivity contribution in [2.24, 2.45) is 0 Å². The first-order valence-corrected chi connectivity index (χ1v) is 6.81. The molecule has 1 aromatic rings. The van der Waals surface area contributed by atoms with E-state index in [0.29, 0.717) is 6.07 Å². The molecule has 16 heavy (non-hydrogen) atoms. The summed E-state index contributed by atoms with van der Waals surface area (Å²) in [4.78, 5) is -0.341. The number of hydrogen-bond donors (Lipinski definition) is 1. The van der Waals surface area contributed by atoms with E-state index in [1.54, 1.807) is 6.92 Å². The predicted molar refractivity (Wildman–Crippen MR) is 59.9 cm³/mol. The number of hydrogen-bond acceptors (Lipinski definition) is 2. The second-order valence-corrected chi connectivity index (χ2v) is 6.54. The first-order valence-electron chi connectivity index (χ1n) is 4.41. The van der Waals surface area contributed by atoms with Gasteiger partial charge in [-0.2, -0.15) is 0 Å². The molecule has 90 valence electrons. The summed E-state index contributed by atoms with van der Waals surface area (Å²) in [7, 11) is -3.78. The molecular formula is C9H10BrF2NO2S. The van der Waals surface area contributed by atoms with Gasteiger partial charge in [-0.1, -0.05) is 22.9 Å². The number of nitrogens with one attached hydrogen (secondary N) is 1. The number of rotatable bonds is 4. The smallest absolute Gasteiger partial charge is 0.210 e. The molecule has 0 bridgehead atoms. The zero-order chi connectivity index (χ0) is 12.3. The van der Waals surface area contributed by atoms with Crippen LogP contribution in [0.25, 0.3) is 0 Å². The molecule has 0 heterocycles. The Hall–Kier alpha value is -0.530. The van der Waals surface area contributed by atoms with Crippen molar-refractivity contribution in [2.45, 2.75) is 16.6 Å². The van der Waals surface area contributed by atoms with E-state index in [0.717, 1.165) is 12.1 Å². The molecule has 0 aliphatic heterocycles. The van der Waals surface area contributed by atoms with E-state index in [2.05, 4.69) is 20.7 Å². The standard InChI is InChI=1S/C9H10BrF2NO2S/c1-6(10)5-13-16(14,15)7-2-3-8(11)9(12)4-7/h2-4,6,13H,5H2,1H3. The Morgan fingerprint density at radius 1 is 1.38 bits per heavy atom. The number of halogens is 3. The van der Waals surface area contributed by atoms with Gasteiger partial charge in [-0.05, 0) is 18.2 Å². The van der Waals surface area contributed by atoms with Crippen LogP contribution < -0.4 is 4.72 Å². The molecule has 1 aromatic carbocycles. The molecule has 0 saturated carbocycles. The van der Waals surface area contributed by atoms with Crippen LogP contribution in [0.2, 0.25) is 0 Å². The van der Waals surface area contributed by atoms with E-state index in [1.165, 1.54) is 0 Å². The Morgan fingerprint density at radius 2 is 2.00 bits per heavy atom. The van der Waals surface area contributed by atoms with Crippen molar-refractivity contribution in [2.75, 3.05) is 6.54 Å². The summed E-state index contributed by atoms with van der Waals surface area (Å²) in [5.41, 5.74) is 0. The lowest BCUT2D eigenvalue weighted by atomic mass is 10.3. The van der Waals surface area contributed by atoms with Gasteiger partial charge in [0.1, 0.15) is 0 Å². The summed E-state index contributed by atoms with van der Waals surface area (Å²) < 4.78 is 50.9. The van der Waals surface area contributed by atoms with Crippen LogP contribution in [0.4, 0.5) is 8.78 Å². The summed E-state index contributed by atoms with van der Waals surface area (Å²) in [6.07, 6.45) is 0. The van der Waals surface area contributed by atoms with Gasteiger partial charge in [0.2, 0.25) is 10.0 Å². The van der Waals surface area contributed by atoms with Crippen LogP contribution in [-0.2, 0) is 10.0 Å². The molecule has 0 radical (unpaired) electrons. The van der Waals surface area contributed by atoms with E-state index in [4.69, 9.17) is 0 Å². The summed E-state index contributed by atoms with van der Waals surface area (Å²) in [5.74, 6) is -2.26. The average Bonchev–Trinajstić information content (AvgIpc) is 2.19. The Morgan fingerprint density at radius 3 is 2.50 bits per heavy atom. The van der Waals surface area contributed by atoms with Gasteiger partial charge >= 0.3 is 0 Å². The van der Waals surface area contributed by atoms with Gasteiger partial charge in [0.15, 0.2) is 11.6 Å². The summed E-state index contributed by atoms with van der Waals surface area (Å²) in [6.45, 7) is 1.93. The number of benzene rings is 1. The Bertz CT molecular complexity index is 476. The van der Waals surface area contributed by atoms with Crippen LogP contribution in [0, 0.1) is 11.6 Å². The molecule has 0 aliphatic rings. The Balaban J connectivity index is 2.94. The molecule has 0 amide bonds. The van der Waals surface area contributed by atoms with Crippen molar-refractivity contribution >= 4 is 26.0 Å². The van der Waals surface area contributed by atoms with Gasteiger partial charge in [0, 0.05) is 11.4 Å². The summed E-state index contributed by atoms with van der Waals surface area (Å²) in [6, 6.07) is 2.44. The molecule has 1 N–H and O–H groups in total. The van der Waals surface area contributed by atoms with Gasteiger partial charge in [0.05, 0.1) is 4.90 Å². The van der Waals surface area contributed by atoms with Crippen LogP contribution in [0.3, 0.4) is 0 Å². The SMILES string of the molecule is CC(Br)CNS(=O)(=O)c1ccc(F)c(F)c1. The third-order valence-corrected chi connectivity index (χ3v) is 3.50. The molecule has 0 fully saturated rings. The minimum Gasteiger partial charge on any atom is -0.210 e. The summed E-state index contributed by atoms with van der Waals surface area (Å²) >= 11 is 3.16. The third kappa shape index (κ3) is 3.50. The maximum atomic E-state index is 12.8. The fraction of sp³-hybridized carbons (Fsp3) is 0.333. The van der Waals surface area contributed by atoms with E-state index >= 15 is 0 Å². The lowest BCUT2D eigenvalue weighted by molar-refractivity contribution is 0.504. The van der Waals surface area contributed by atoms with Crippen molar-refractivity contribution in [3.05, 3.63) is 29.8 Å². The van der Waals surface area contributed by atoms with E-state index < -0.39 is 21.7 Å². The van der Waals surface area contributed by atoms with Crippen LogP contribution in [-0.4, -0.2) is 19.8 Å².